The lowest BCUT2D eigenvalue weighted by Crippen LogP contribution is -2.66. The highest BCUT2D eigenvalue weighted by Crippen LogP contribution is 2.72. The maximum atomic E-state index is 12.0. The van der Waals surface area contributed by atoms with E-state index in [4.69, 9.17) is 42.6 Å². The van der Waals surface area contributed by atoms with Crippen LogP contribution < -0.4 is 0 Å². The number of aliphatic hydroxyl groups is 8. The molecule has 5 saturated heterocycles. The van der Waals surface area contributed by atoms with Gasteiger partial charge in [-0.3, -0.25) is 0 Å². The first-order valence-corrected chi connectivity index (χ1v) is 24.0. The molecule has 9 rings (SSSR count). The van der Waals surface area contributed by atoms with Gasteiger partial charge >= 0.3 is 0 Å². The molecule has 0 unspecified atom stereocenters. The van der Waals surface area contributed by atoms with Crippen LogP contribution in [0.4, 0.5) is 0 Å². The summed E-state index contributed by atoms with van der Waals surface area (Å²) < 4.78 is 56.9. The van der Waals surface area contributed by atoms with Crippen LogP contribution in [0.3, 0.4) is 0 Å². The van der Waals surface area contributed by atoms with E-state index < -0.39 is 105 Å². The van der Waals surface area contributed by atoms with Crippen molar-refractivity contribution in [2.24, 2.45) is 52.3 Å². The Balaban J connectivity index is 0.917. The molecule has 5 aliphatic heterocycles. The van der Waals surface area contributed by atoms with Crippen molar-refractivity contribution in [3.05, 3.63) is 0 Å². The molecule has 8 N–H and O–H groups in total. The summed E-state index contributed by atoms with van der Waals surface area (Å²) in [6, 6.07) is 0. The van der Waals surface area contributed by atoms with Gasteiger partial charge in [-0.1, -0.05) is 27.7 Å². The van der Waals surface area contributed by atoms with Crippen molar-refractivity contribution in [2.45, 2.75) is 216 Å². The molecule has 1 spiro atoms. The zero-order valence-electron chi connectivity index (χ0n) is 38.0. The van der Waals surface area contributed by atoms with Crippen LogP contribution in [0.15, 0.2) is 0 Å². The molecule has 17 nitrogen and oxygen atoms in total. The molecular formula is C46H76O17. The molecule has 9 fully saturated rings. The lowest BCUT2D eigenvalue weighted by molar-refractivity contribution is -0.389. The fourth-order valence-electron chi connectivity index (χ4n) is 14.8. The third kappa shape index (κ3) is 7.71. The van der Waals surface area contributed by atoms with E-state index in [0.29, 0.717) is 41.9 Å². The fourth-order valence-corrected chi connectivity index (χ4v) is 14.8. The van der Waals surface area contributed by atoms with Crippen molar-refractivity contribution in [3.8, 4) is 0 Å². The van der Waals surface area contributed by atoms with Crippen molar-refractivity contribution in [2.75, 3.05) is 20.3 Å². The first-order valence-electron chi connectivity index (χ1n) is 24.0. The van der Waals surface area contributed by atoms with Gasteiger partial charge in [0.2, 0.25) is 0 Å². The van der Waals surface area contributed by atoms with Gasteiger partial charge in [0.1, 0.15) is 61.0 Å². The van der Waals surface area contributed by atoms with Crippen LogP contribution in [0.2, 0.25) is 0 Å². The average molecular weight is 901 g/mol. The van der Waals surface area contributed by atoms with Gasteiger partial charge in [-0.2, -0.15) is 0 Å². The van der Waals surface area contributed by atoms with Gasteiger partial charge in [0, 0.05) is 30.8 Å². The number of methoxy groups -OCH3 is 1. The van der Waals surface area contributed by atoms with Crippen LogP contribution in [0.5, 0.6) is 0 Å². The van der Waals surface area contributed by atoms with Gasteiger partial charge in [-0.25, -0.2) is 0 Å². The predicted molar refractivity (Wildman–Crippen MR) is 219 cm³/mol. The second-order valence-electron chi connectivity index (χ2n) is 21.8. The molecule has 0 bridgehead atoms. The third-order valence-corrected chi connectivity index (χ3v) is 18.6. The number of hydrogen-bond donors (Lipinski definition) is 8. The quantitative estimate of drug-likeness (QED) is 0.158. The molecule has 4 aliphatic carbocycles. The summed E-state index contributed by atoms with van der Waals surface area (Å²) in [5, 5.41) is 86.1. The third-order valence-electron chi connectivity index (χ3n) is 18.6. The molecule has 4 saturated carbocycles. The molecule has 0 radical (unpaired) electrons. The molecule has 0 aromatic carbocycles. The van der Waals surface area contributed by atoms with Crippen molar-refractivity contribution in [1.29, 1.82) is 0 Å². The van der Waals surface area contributed by atoms with Gasteiger partial charge < -0.3 is 83.5 Å². The van der Waals surface area contributed by atoms with Gasteiger partial charge in [0.25, 0.3) is 0 Å². The largest absolute Gasteiger partial charge is 0.394 e. The molecule has 0 amide bonds. The lowest BCUT2D eigenvalue weighted by Gasteiger charge is -2.63. The molecular weight excluding hydrogens is 824 g/mol. The Hall–Kier alpha value is -0.680. The van der Waals surface area contributed by atoms with Gasteiger partial charge in [0.05, 0.1) is 43.7 Å². The van der Waals surface area contributed by atoms with E-state index in [-0.39, 0.29) is 35.1 Å². The average Bonchev–Trinajstić information content (AvgIpc) is 3.71. The highest BCUT2D eigenvalue weighted by Gasteiger charge is 2.72. The van der Waals surface area contributed by atoms with Gasteiger partial charge in [-0.05, 0) is 100 Å². The summed E-state index contributed by atoms with van der Waals surface area (Å²) in [7, 11) is 1.88. The first kappa shape index (κ1) is 47.4. The normalized spacial score (nSPS) is 59.4. The smallest absolute Gasteiger partial charge is 0.187 e. The van der Waals surface area contributed by atoms with E-state index in [0.717, 1.165) is 58.0 Å². The highest BCUT2D eigenvalue weighted by molar-refractivity contribution is 5.18. The number of rotatable bonds is 8. The van der Waals surface area contributed by atoms with Crippen LogP contribution in [-0.2, 0) is 42.6 Å². The number of aliphatic hydroxyl groups excluding tert-OH is 8. The summed E-state index contributed by atoms with van der Waals surface area (Å²) >= 11 is 0. The molecule has 28 atom stereocenters. The highest BCUT2D eigenvalue weighted by atomic mass is 16.8. The standard InChI is InChI=1S/C46H76O17/c1-19-10-13-46(56-18-19)20(2)31-28(63-46)15-27-25-9-8-23-14-24(11-12-44(23,5)26(25)16-30(55-7)45(27,31)6)59-43-40(62-42-37(53)35(51)33(49)22(4)58-42)38(54)39(29(17-47)60-43)61-41-36(52)34(50)32(48)21(3)57-41/h19-43,47-54H,8-18H2,1-7H3/t19-,20+,21+,22+,23+,24+,25-,26+,27+,28+,29-,30+,31+,32+,33+,34-,35-,36-,37-,38+,39-,40-,41+,42+,43-,44+,45-,46-/m1/s1. The van der Waals surface area contributed by atoms with E-state index in [2.05, 4.69) is 27.7 Å². The van der Waals surface area contributed by atoms with E-state index in [1.807, 2.05) is 7.11 Å². The van der Waals surface area contributed by atoms with Crippen LogP contribution in [-0.4, -0.2) is 177 Å². The van der Waals surface area contributed by atoms with Gasteiger partial charge in [0.15, 0.2) is 24.7 Å². The molecule has 63 heavy (non-hydrogen) atoms. The van der Waals surface area contributed by atoms with Crippen LogP contribution >= 0.6 is 0 Å². The zero-order chi connectivity index (χ0) is 45.1. The summed E-state index contributed by atoms with van der Waals surface area (Å²) in [5.41, 5.74) is -0.00589. The van der Waals surface area contributed by atoms with Crippen molar-refractivity contribution in [3.63, 3.8) is 0 Å². The molecule has 0 aromatic rings. The van der Waals surface area contributed by atoms with Gasteiger partial charge in [-0.15, -0.1) is 0 Å². The van der Waals surface area contributed by atoms with Crippen molar-refractivity contribution in [1.82, 2.24) is 0 Å². The maximum Gasteiger partial charge on any atom is 0.187 e. The van der Waals surface area contributed by atoms with E-state index in [1.54, 1.807) is 0 Å². The van der Waals surface area contributed by atoms with E-state index in [1.165, 1.54) is 13.8 Å². The Bertz CT molecular complexity index is 1580. The van der Waals surface area contributed by atoms with Crippen LogP contribution in [0, 0.1) is 52.3 Å². The fraction of sp³-hybridized carbons (Fsp3) is 1.00. The number of hydrogen-bond acceptors (Lipinski definition) is 17. The predicted octanol–water partition coefficient (Wildman–Crippen LogP) is 0.947. The first-order chi connectivity index (χ1) is 29.9. The minimum absolute atomic E-state index is 0.0214. The minimum Gasteiger partial charge on any atom is -0.394 e. The molecule has 0 aromatic heterocycles. The SMILES string of the molecule is CO[C@H]1C[C@H]2[C@@H](CC[C@H]3C[C@@H](O[C@@H]4O[C@H](CO)[C@@H](O[C@@H]5O[C@@H](C)[C@H](O)[C@@H](O)[C@H]5O)[C@H](O)[C@H]4O[C@@H]4O[C@@H](C)[C@H](O)[C@@H](O)[C@H]4O)CC[C@@]32C)[C@@H]2C[C@@H]3O[C@]4(CC[C@@H](C)CO4)[C@@H](C)[C@@H]3[C@@]12C. The monoisotopic (exact) mass is 901 g/mol. The topological polar surface area (TPSA) is 245 Å². The Kier molecular flexibility index (Phi) is 13.3. The molecule has 9 aliphatic rings. The summed E-state index contributed by atoms with van der Waals surface area (Å²) in [6.45, 7) is 12.7. The Morgan fingerprint density at radius 2 is 1.29 bits per heavy atom. The lowest BCUT2D eigenvalue weighted by atomic mass is 9.43. The van der Waals surface area contributed by atoms with Crippen LogP contribution in [0.25, 0.3) is 0 Å². The second kappa shape index (κ2) is 17.7. The molecule has 17 heteroatoms. The number of ether oxygens (including phenoxy) is 9. The molecule has 362 valence electrons. The maximum absolute atomic E-state index is 12.0. The zero-order valence-corrected chi connectivity index (χ0v) is 38.0. The Morgan fingerprint density at radius 1 is 0.635 bits per heavy atom. The Morgan fingerprint density at radius 3 is 1.89 bits per heavy atom. The second-order valence-corrected chi connectivity index (χ2v) is 21.8. The summed E-state index contributed by atoms with van der Waals surface area (Å²) in [6.07, 6.45) is -13.0. The van der Waals surface area contributed by atoms with Crippen molar-refractivity contribution < 1.29 is 83.5 Å². The Labute approximate surface area is 370 Å². The summed E-state index contributed by atoms with van der Waals surface area (Å²) in [4.78, 5) is 0. The number of fused-ring (bicyclic) bond motifs is 7. The van der Waals surface area contributed by atoms with E-state index >= 15 is 0 Å². The van der Waals surface area contributed by atoms with Crippen molar-refractivity contribution >= 4 is 0 Å². The molecule has 5 heterocycles. The van der Waals surface area contributed by atoms with E-state index in [9.17, 15) is 40.9 Å². The summed E-state index contributed by atoms with van der Waals surface area (Å²) in [5.74, 6) is 2.49. The van der Waals surface area contributed by atoms with Crippen LogP contribution in [0.1, 0.15) is 99.3 Å². The minimum atomic E-state index is -1.71.